The van der Waals surface area contributed by atoms with Gasteiger partial charge >= 0.3 is 24.7 Å². The van der Waals surface area contributed by atoms with E-state index in [9.17, 15) is 84.3 Å². The fraction of sp³-hybridized carbons (Fsp3) is 0.125. The summed E-state index contributed by atoms with van der Waals surface area (Å²) in [5, 5.41) is 59.5. The number of aromatic nitrogens is 4. The Balaban J connectivity index is 1.97. The highest BCUT2D eigenvalue weighted by Crippen LogP contribution is 2.54. The first kappa shape index (κ1) is 37.7. The molecule has 0 fully saturated rings. The van der Waals surface area contributed by atoms with Gasteiger partial charge in [-0.15, -0.1) is 0 Å². The van der Waals surface area contributed by atoms with Crippen LogP contribution in [0.1, 0.15) is 56.7 Å². The monoisotopic (exact) mass is 756 g/mol. The summed E-state index contributed by atoms with van der Waals surface area (Å²) < 4.78 is 165. The normalized spacial score (nSPS) is 14.0. The van der Waals surface area contributed by atoms with Gasteiger partial charge in [-0.05, 0) is 35.4 Å². The van der Waals surface area contributed by atoms with Crippen molar-refractivity contribution in [1.82, 2.24) is 19.9 Å². The van der Waals surface area contributed by atoms with Crippen molar-refractivity contribution in [2.45, 2.75) is 24.7 Å². The molecule has 2 aliphatic rings. The van der Waals surface area contributed by atoms with Gasteiger partial charge in [0.2, 0.25) is 0 Å². The number of fused-ring (bicyclic) bond motifs is 2. The second kappa shape index (κ2) is 12.6. The first-order chi connectivity index (χ1) is 25.0. The van der Waals surface area contributed by atoms with E-state index in [4.69, 9.17) is 0 Å². The number of hydrogen-bond donors (Lipinski definition) is 0. The highest BCUT2D eigenvalue weighted by molar-refractivity contribution is 6.29. The van der Waals surface area contributed by atoms with E-state index in [0.29, 0.717) is 0 Å². The zero-order valence-electron chi connectivity index (χ0n) is 25.3. The maximum absolute atomic E-state index is 13.8. The number of alkyl halides is 12. The molecule has 0 N–H and O–H groups in total. The summed E-state index contributed by atoms with van der Waals surface area (Å²) in [5.74, 6) is -2.94. The van der Waals surface area contributed by atoms with Crippen LogP contribution in [-0.4, -0.2) is 19.9 Å². The van der Waals surface area contributed by atoms with Crippen LogP contribution in [0.25, 0.3) is 33.4 Å². The van der Waals surface area contributed by atoms with Crippen LogP contribution in [0.4, 0.5) is 52.7 Å². The van der Waals surface area contributed by atoms with Crippen LogP contribution < -0.4 is 0 Å². The molecule has 0 aliphatic heterocycles. The molecule has 0 saturated heterocycles. The Hall–Kier alpha value is -7.56. The zero-order valence-corrected chi connectivity index (χ0v) is 25.3. The predicted octanol–water partition coefficient (Wildman–Crippen LogP) is 7.84. The van der Waals surface area contributed by atoms with Gasteiger partial charge in [0.25, 0.3) is 0 Å². The second-order valence-electron chi connectivity index (χ2n) is 10.5. The van der Waals surface area contributed by atoms with E-state index in [1.165, 1.54) is 36.4 Å². The molecule has 0 atom stereocenters. The Morgan fingerprint density at radius 2 is 0.667 bits per heavy atom. The highest BCUT2D eigenvalue weighted by atomic mass is 19.4. The Kier molecular flexibility index (Phi) is 8.78. The minimum atomic E-state index is -5.56. The van der Waals surface area contributed by atoms with Gasteiger partial charge in [-0.25, -0.2) is 19.9 Å². The third-order valence-corrected chi connectivity index (χ3v) is 7.47. The topological polar surface area (TPSA) is 194 Å². The van der Waals surface area contributed by atoms with E-state index >= 15 is 0 Å². The molecule has 0 unspecified atom stereocenters. The summed E-state index contributed by atoms with van der Waals surface area (Å²) in [6.45, 7) is 0. The Morgan fingerprint density at radius 3 is 0.889 bits per heavy atom. The summed E-state index contributed by atoms with van der Waals surface area (Å²) in [5.41, 5.74) is -18.8. The third-order valence-electron chi connectivity index (χ3n) is 7.47. The molecule has 0 spiro atoms. The van der Waals surface area contributed by atoms with E-state index in [2.05, 4.69) is 19.9 Å². The summed E-state index contributed by atoms with van der Waals surface area (Å²) >= 11 is 0. The first-order valence-corrected chi connectivity index (χ1v) is 13.7. The lowest BCUT2D eigenvalue weighted by atomic mass is 9.91. The van der Waals surface area contributed by atoms with E-state index in [1.54, 1.807) is 0 Å². The minimum absolute atomic E-state index is 0.459. The van der Waals surface area contributed by atoms with Gasteiger partial charge in [0, 0.05) is 33.4 Å². The van der Waals surface area contributed by atoms with Gasteiger partial charge in [-0.3, -0.25) is 0 Å². The summed E-state index contributed by atoms with van der Waals surface area (Å²) in [4.78, 5) is 12.5. The molecule has 0 saturated carbocycles. The summed E-state index contributed by atoms with van der Waals surface area (Å²) in [7, 11) is 0. The van der Waals surface area contributed by atoms with Crippen molar-refractivity contribution in [2.24, 2.45) is 0 Å². The van der Waals surface area contributed by atoms with Crippen LogP contribution in [0, 0.1) is 68.0 Å². The SMILES string of the molecule is N#CC(C#N)=C1C(c2nc(C(F)(F)F)cc(C(F)(F)F)n2)=C(C#N)c2cc3c(cc21)C(=C(C#N)C#N)C(c1nc(C(F)(F)F)cc(C(F)(F)F)n1)=C3C#N. The van der Waals surface area contributed by atoms with Gasteiger partial charge < -0.3 is 0 Å². The molecule has 22 heteroatoms. The summed E-state index contributed by atoms with van der Waals surface area (Å²) in [6.07, 6.45) is -22.2. The van der Waals surface area contributed by atoms with Crippen LogP contribution in [0.2, 0.25) is 0 Å². The fourth-order valence-electron chi connectivity index (χ4n) is 5.39. The van der Waals surface area contributed by atoms with Crippen molar-refractivity contribution in [3.05, 3.63) is 92.1 Å². The smallest absolute Gasteiger partial charge is 0.223 e. The summed E-state index contributed by atoms with van der Waals surface area (Å²) in [6, 6.07) is 8.97. The number of nitrogens with zero attached hydrogens (tertiary/aromatic N) is 10. The third kappa shape index (κ3) is 6.19. The molecule has 0 amide bonds. The molecule has 54 heavy (non-hydrogen) atoms. The average molecular weight is 756 g/mol. The van der Waals surface area contributed by atoms with Crippen LogP contribution in [0.5, 0.6) is 0 Å². The zero-order chi connectivity index (χ0) is 40.3. The van der Waals surface area contributed by atoms with Crippen molar-refractivity contribution in [3.8, 4) is 36.4 Å². The lowest BCUT2D eigenvalue weighted by Crippen LogP contribution is -2.17. The molecular formula is C32H4F12N10. The maximum atomic E-state index is 13.8. The minimum Gasteiger partial charge on any atom is -0.223 e. The van der Waals surface area contributed by atoms with Gasteiger partial charge in [-0.2, -0.15) is 84.3 Å². The van der Waals surface area contributed by atoms with Crippen molar-refractivity contribution < 1.29 is 52.7 Å². The fourth-order valence-corrected chi connectivity index (χ4v) is 5.39. The molecule has 0 bridgehead atoms. The Bertz CT molecular complexity index is 2340. The van der Waals surface area contributed by atoms with E-state index in [1.807, 2.05) is 0 Å². The molecule has 5 rings (SSSR count). The molecule has 10 nitrogen and oxygen atoms in total. The molecule has 2 aromatic heterocycles. The highest BCUT2D eigenvalue weighted by Gasteiger charge is 2.45. The molecule has 266 valence electrons. The maximum Gasteiger partial charge on any atom is 0.433 e. The van der Waals surface area contributed by atoms with Gasteiger partial charge in [-0.1, -0.05) is 0 Å². The number of nitriles is 6. The van der Waals surface area contributed by atoms with E-state index in [0.717, 1.165) is 12.1 Å². The van der Waals surface area contributed by atoms with E-state index in [-0.39, 0.29) is 0 Å². The molecule has 2 heterocycles. The average Bonchev–Trinajstić information content (AvgIpc) is 3.58. The van der Waals surface area contributed by atoms with E-state index < -0.39 is 138 Å². The quantitative estimate of drug-likeness (QED) is 0.184. The Labute approximate surface area is 291 Å². The number of benzene rings is 1. The van der Waals surface area contributed by atoms with Gasteiger partial charge in [0.1, 0.15) is 70.3 Å². The molecule has 0 radical (unpaired) electrons. The molecular weight excluding hydrogens is 752 g/mol. The lowest BCUT2D eigenvalue weighted by Gasteiger charge is -2.15. The van der Waals surface area contributed by atoms with Crippen LogP contribution >= 0.6 is 0 Å². The predicted molar refractivity (Wildman–Crippen MR) is 152 cm³/mol. The van der Waals surface area contributed by atoms with Crippen molar-refractivity contribution in [2.75, 3.05) is 0 Å². The number of halogens is 12. The standard InChI is InChI=1S/C32H4F12N10/c33-29(34,35)19-3-20(30(36,37)38)52-27(51-19)25-17(9-49)13-1-14-16(2-15(13)23(25)11(5-45)6-46)24(12(7-47)8-48)26(18(14)10-50)28-53-21(31(39,40)41)4-22(54-28)32(42,43)44/h1-4H. The van der Waals surface area contributed by atoms with Gasteiger partial charge in [0.05, 0.1) is 11.1 Å². The van der Waals surface area contributed by atoms with Crippen molar-refractivity contribution in [1.29, 1.82) is 31.6 Å². The second-order valence-corrected chi connectivity index (χ2v) is 10.5. The number of hydrogen-bond acceptors (Lipinski definition) is 10. The van der Waals surface area contributed by atoms with Crippen LogP contribution in [0.3, 0.4) is 0 Å². The molecule has 2 aliphatic carbocycles. The number of allylic oxidation sites excluding steroid dienone is 8. The largest absolute Gasteiger partial charge is 0.433 e. The van der Waals surface area contributed by atoms with Crippen molar-refractivity contribution in [3.63, 3.8) is 0 Å². The van der Waals surface area contributed by atoms with Gasteiger partial charge in [0.15, 0.2) is 11.6 Å². The van der Waals surface area contributed by atoms with Crippen LogP contribution in [-0.2, 0) is 24.7 Å². The lowest BCUT2D eigenvalue weighted by molar-refractivity contribution is -0.149. The molecule has 3 aromatic rings. The van der Waals surface area contributed by atoms with Crippen LogP contribution in [0.15, 0.2) is 35.4 Å². The Morgan fingerprint density at radius 1 is 0.407 bits per heavy atom. The first-order valence-electron chi connectivity index (χ1n) is 13.7. The number of rotatable bonds is 2. The molecule has 1 aromatic carbocycles. The van der Waals surface area contributed by atoms with Crippen molar-refractivity contribution >= 4 is 33.4 Å².